The van der Waals surface area contributed by atoms with Crippen LogP contribution in [-0.4, -0.2) is 47.3 Å². The van der Waals surface area contributed by atoms with Crippen molar-refractivity contribution in [2.45, 2.75) is 89.3 Å². The van der Waals surface area contributed by atoms with E-state index in [1.807, 2.05) is 26.1 Å². The van der Waals surface area contributed by atoms with Crippen molar-refractivity contribution in [3.63, 3.8) is 0 Å². The second-order valence-electron chi connectivity index (χ2n) is 12.1. The van der Waals surface area contributed by atoms with Gasteiger partial charge in [0, 0.05) is 12.1 Å². The van der Waals surface area contributed by atoms with Crippen molar-refractivity contribution >= 4 is 25.2 Å². The Morgan fingerprint density at radius 1 is 1.11 bits per heavy atom. The molecule has 1 unspecified atom stereocenters. The van der Waals surface area contributed by atoms with Gasteiger partial charge >= 0.3 is 0 Å². The zero-order valence-electron chi connectivity index (χ0n) is 22.4. The van der Waals surface area contributed by atoms with Gasteiger partial charge in [-0.25, -0.2) is 18.7 Å². The Hall–Kier alpha value is -2.40. The number of hydrogen-bond acceptors (Lipinski definition) is 6. The summed E-state index contributed by atoms with van der Waals surface area (Å²) in [6.07, 6.45) is 2.91. The number of ether oxygens (including phenoxy) is 2. The first-order valence-corrected chi connectivity index (χ1v) is 15.7. The highest BCUT2D eigenvalue weighted by Crippen LogP contribution is 2.51. The van der Waals surface area contributed by atoms with Gasteiger partial charge in [0.1, 0.15) is 23.9 Å². The van der Waals surface area contributed by atoms with Crippen LogP contribution in [0.25, 0.3) is 11.0 Å². The summed E-state index contributed by atoms with van der Waals surface area (Å²) in [5.74, 6) is -2.01. The fraction of sp³-hybridized carbons (Fsp3) is 0.556. The molecule has 1 aromatic carbocycles. The van der Waals surface area contributed by atoms with Crippen molar-refractivity contribution in [1.29, 1.82) is 0 Å². The Bertz CT molecular complexity index is 1290. The van der Waals surface area contributed by atoms with Crippen LogP contribution in [0.15, 0.2) is 36.8 Å². The van der Waals surface area contributed by atoms with E-state index < -0.39 is 31.8 Å². The predicted octanol–water partition coefficient (Wildman–Crippen LogP) is 6.32. The quantitative estimate of drug-likeness (QED) is 0.363. The number of hydrogen-bond donors (Lipinski definition) is 2. The van der Waals surface area contributed by atoms with Crippen LogP contribution in [0.1, 0.15) is 52.7 Å². The number of anilines is 1. The van der Waals surface area contributed by atoms with Crippen LogP contribution in [-0.2, 0) is 13.9 Å². The van der Waals surface area contributed by atoms with Crippen molar-refractivity contribution in [2.75, 3.05) is 5.32 Å². The maximum Gasteiger partial charge on any atom is 0.192 e. The molecule has 7 nitrogen and oxygen atoms in total. The van der Waals surface area contributed by atoms with Crippen LogP contribution in [0.3, 0.4) is 0 Å². The van der Waals surface area contributed by atoms with Gasteiger partial charge in [0.15, 0.2) is 25.7 Å². The maximum atomic E-state index is 14.5. The summed E-state index contributed by atoms with van der Waals surface area (Å²) in [7, 11) is -2.31. The maximum absolute atomic E-state index is 14.5. The lowest BCUT2D eigenvalue weighted by Gasteiger charge is -2.42. The van der Waals surface area contributed by atoms with E-state index in [1.165, 1.54) is 18.5 Å². The number of H-pyrrole nitrogens is 1. The lowest BCUT2D eigenvalue weighted by molar-refractivity contribution is -0.161. The Morgan fingerprint density at radius 2 is 1.84 bits per heavy atom. The molecule has 0 amide bonds. The molecule has 37 heavy (non-hydrogen) atoms. The largest absolute Gasteiger partial charge is 0.410 e. The number of nitrogens with zero attached hydrogens (tertiary/aromatic N) is 2. The summed E-state index contributed by atoms with van der Waals surface area (Å²) < 4.78 is 48.2. The molecule has 1 saturated carbocycles. The van der Waals surface area contributed by atoms with Gasteiger partial charge in [-0.1, -0.05) is 26.8 Å². The Morgan fingerprint density at radius 3 is 2.54 bits per heavy atom. The fourth-order valence-electron chi connectivity index (χ4n) is 5.21. The molecule has 3 heterocycles. The Kier molecular flexibility index (Phi) is 6.45. The van der Waals surface area contributed by atoms with E-state index in [4.69, 9.17) is 13.9 Å². The molecule has 1 saturated heterocycles. The molecule has 200 valence electrons. The average Bonchev–Trinajstić information content (AvgIpc) is 3.48. The number of benzene rings is 1. The third-order valence-electron chi connectivity index (χ3n) is 8.07. The summed E-state index contributed by atoms with van der Waals surface area (Å²) in [5.41, 5.74) is 1.35. The zero-order valence-corrected chi connectivity index (χ0v) is 23.4. The molecule has 5 rings (SSSR count). The van der Waals surface area contributed by atoms with Gasteiger partial charge in [0.2, 0.25) is 0 Å². The topological polar surface area (TPSA) is 81.3 Å². The molecule has 3 aromatic rings. The second-order valence-corrected chi connectivity index (χ2v) is 16.9. The molecule has 2 N–H and O–H groups in total. The van der Waals surface area contributed by atoms with Crippen LogP contribution in [0, 0.1) is 17.6 Å². The van der Waals surface area contributed by atoms with Gasteiger partial charge < -0.3 is 24.2 Å². The third-order valence-corrected chi connectivity index (χ3v) is 12.5. The van der Waals surface area contributed by atoms with Gasteiger partial charge in [0.25, 0.3) is 0 Å². The molecular formula is C27H36F2N4O3Si. The minimum absolute atomic E-state index is 0.0768. The molecular weight excluding hydrogens is 494 g/mol. The van der Waals surface area contributed by atoms with Gasteiger partial charge in [-0.05, 0) is 62.2 Å². The van der Waals surface area contributed by atoms with Crippen molar-refractivity contribution in [3.8, 4) is 0 Å². The van der Waals surface area contributed by atoms with E-state index in [9.17, 15) is 8.78 Å². The first-order valence-electron chi connectivity index (χ1n) is 12.8. The number of halogens is 2. The lowest BCUT2D eigenvalue weighted by Crippen LogP contribution is -2.44. The molecule has 1 aliphatic carbocycles. The molecule has 1 aliphatic heterocycles. The highest BCUT2D eigenvalue weighted by molar-refractivity contribution is 6.74. The Labute approximate surface area is 217 Å². The number of aromatic nitrogens is 3. The highest BCUT2D eigenvalue weighted by atomic mass is 28.4. The normalized spacial score (nSPS) is 26.4. The summed E-state index contributed by atoms with van der Waals surface area (Å²) in [4.78, 5) is 11.9. The van der Waals surface area contributed by atoms with Crippen LogP contribution < -0.4 is 5.32 Å². The molecule has 2 fully saturated rings. The number of fused-ring (bicyclic) bond motifs is 2. The smallest absolute Gasteiger partial charge is 0.192 e. The fourth-order valence-corrected chi connectivity index (χ4v) is 6.51. The molecule has 0 radical (unpaired) electrons. The van der Waals surface area contributed by atoms with Gasteiger partial charge in [-0.15, -0.1) is 0 Å². The number of nitrogens with one attached hydrogen (secondary N) is 2. The highest BCUT2D eigenvalue weighted by Gasteiger charge is 2.57. The average molecular weight is 531 g/mol. The number of aromatic amines is 1. The van der Waals surface area contributed by atoms with E-state index in [2.05, 4.69) is 54.1 Å². The number of rotatable bonds is 6. The first kappa shape index (κ1) is 26.2. The summed E-state index contributed by atoms with van der Waals surface area (Å²) in [5, 5.41) is 4.38. The van der Waals surface area contributed by atoms with E-state index in [1.54, 1.807) is 6.07 Å². The molecule has 0 spiro atoms. The minimum Gasteiger partial charge on any atom is -0.410 e. The minimum atomic E-state index is -2.31. The summed E-state index contributed by atoms with van der Waals surface area (Å²) in [6, 6.07) is 5.86. The van der Waals surface area contributed by atoms with Gasteiger partial charge in [-0.3, -0.25) is 0 Å². The summed E-state index contributed by atoms with van der Waals surface area (Å²) >= 11 is 0. The van der Waals surface area contributed by atoms with E-state index in [-0.39, 0.29) is 29.2 Å². The molecule has 5 atom stereocenters. The Balaban J connectivity index is 1.53. The SMILES string of the molecule is CC1(C)O[C@@H]2[C@H](O1)[C@@H](C(O[Si](C)(C)C(C)(C)C)c1ccc(F)c(F)c1)C[C@H]2Nc1ncnc2[nH]ccc12. The van der Waals surface area contributed by atoms with E-state index >= 15 is 0 Å². The van der Waals surface area contributed by atoms with Crippen LogP contribution in [0.4, 0.5) is 14.6 Å². The van der Waals surface area contributed by atoms with E-state index in [0.717, 1.165) is 11.0 Å². The van der Waals surface area contributed by atoms with Crippen LogP contribution >= 0.6 is 0 Å². The monoisotopic (exact) mass is 530 g/mol. The standard InChI is InChI=1S/C27H36F2N4O3Si/c1-26(2,3)37(6,7)36-21(15-8-9-18(28)19(29)12-15)17-13-20(23-22(17)34-27(4,5)35-23)33-25-16-10-11-30-24(16)31-14-32-25/h8-12,14,17,20-23H,13H2,1-7H3,(H2,30,31,32,33)/t17-,20-,21?,22-,23+/m1/s1. The lowest BCUT2D eigenvalue weighted by atomic mass is 9.92. The van der Waals surface area contributed by atoms with Crippen molar-refractivity contribution in [2.24, 2.45) is 5.92 Å². The third kappa shape index (κ3) is 4.92. The van der Waals surface area contributed by atoms with Gasteiger partial charge in [0.05, 0.1) is 23.6 Å². The first-order chi connectivity index (χ1) is 17.3. The van der Waals surface area contributed by atoms with Crippen molar-refractivity contribution in [1.82, 2.24) is 15.0 Å². The zero-order chi connectivity index (χ0) is 26.8. The van der Waals surface area contributed by atoms with Crippen LogP contribution in [0.2, 0.25) is 18.1 Å². The van der Waals surface area contributed by atoms with E-state index in [0.29, 0.717) is 17.8 Å². The molecule has 2 aliphatic rings. The summed E-state index contributed by atoms with van der Waals surface area (Å²) in [6.45, 7) is 14.6. The predicted molar refractivity (Wildman–Crippen MR) is 141 cm³/mol. The van der Waals surface area contributed by atoms with Gasteiger partial charge in [-0.2, -0.15) is 0 Å². The molecule has 2 aromatic heterocycles. The van der Waals surface area contributed by atoms with Crippen LogP contribution in [0.5, 0.6) is 0 Å². The van der Waals surface area contributed by atoms with Crippen molar-refractivity contribution in [3.05, 3.63) is 54.0 Å². The molecule has 0 bridgehead atoms. The second kappa shape index (κ2) is 9.11. The molecule has 10 heteroatoms. The van der Waals surface area contributed by atoms with Crippen molar-refractivity contribution < 1.29 is 22.7 Å².